The molecular formula is C16H12FNO3. The van der Waals surface area contributed by atoms with Crippen molar-refractivity contribution in [1.82, 2.24) is 4.90 Å². The van der Waals surface area contributed by atoms with Crippen LogP contribution in [0, 0.1) is 5.82 Å². The van der Waals surface area contributed by atoms with Crippen LogP contribution in [-0.4, -0.2) is 16.6 Å². The van der Waals surface area contributed by atoms with E-state index < -0.39 is 0 Å². The predicted molar refractivity (Wildman–Crippen MR) is 73.4 cm³/mol. The van der Waals surface area contributed by atoms with E-state index in [1.54, 1.807) is 30.3 Å². The van der Waals surface area contributed by atoms with E-state index in [-0.39, 0.29) is 30.5 Å². The summed E-state index contributed by atoms with van der Waals surface area (Å²) in [5.74, 6) is 0.0974. The number of rotatable bonds is 3. The summed E-state index contributed by atoms with van der Waals surface area (Å²) in [6, 6.07) is 9.68. The summed E-state index contributed by atoms with van der Waals surface area (Å²) in [5.41, 5.74) is 0.374. The van der Waals surface area contributed by atoms with Gasteiger partial charge in [0.15, 0.2) is 5.78 Å². The molecule has 0 fully saturated rings. The highest BCUT2D eigenvalue weighted by atomic mass is 19.1. The van der Waals surface area contributed by atoms with Crippen molar-refractivity contribution in [2.75, 3.05) is 0 Å². The van der Waals surface area contributed by atoms with Gasteiger partial charge in [0, 0.05) is 6.20 Å². The van der Waals surface area contributed by atoms with Crippen molar-refractivity contribution in [1.29, 1.82) is 0 Å². The van der Waals surface area contributed by atoms with Crippen LogP contribution in [-0.2, 0) is 16.1 Å². The second-order valence-corrected chi connectivity index (χ2v) is 4.73. The molecule has 21 heavy (non-hydrogen) atoms. The highest BCUT2D eigenvalue weighted by molar-refractivity contribution is 6.06. The Morgan fingerprint density at radius 1 is 1.14 bits per heavy atom. The van der Waals surface area contributed by atoms with Crippen molar-refractivity contribution in [2.45, 2.75) is 13.0 Å². The van der Waals surface area contributed by atoms with Crippen LogP contribution in [0.4, 0.5) is 4.39 Å². The lowest BCUT2D eigenvalue weighted by Crippen LogP contribution is -2.30. The zero-order valence-corrected chi connectivity index (χ0v) is 11.1. The molecule has 1 aliphatic rings. The molecule has 4 nitrogen and oxygen atoms in total. The van der Waals surface area contributed by atoms with E-state index in [1.807, 2.05) is 0 Å². The van der Waals surface area contributed by atoms with E-state index in [0.29, 0.717) is 17.1 Å². The van der Waals surface area contributed by atoms with Crippen LogP contribution in [0.3, 0.4) is 0 Å². The minimum absolute atomic E-state index is 0.128. The molecule has 2 heterocycles. The van der Waals surface area contributed by atoms with Crippen molar-refractivity contribution in [2.24, 2.45) is 0 Å². The lowest BCUT2D eigenvalue weighted by atomic mass is 10.1. The van der Waals surface area contributed by atoms with Gasteiger partial charge in [-0.05, 0) is 30.3 Å². The van der Waals surface area contributed by atoms with Crippen LogP contribution >= 0.6 is 0 Å². The van der Waals surface area contributed by atoms with Gasteiger partial charge in [0.2, 0.25) is 5.91 Å². The third-order valence-electron chi connectivity index (χ3n) is 3.21. The van der Waals surface area contributed by atoms with Crippen molar-refractivity contribution in [3.8, 4) is 11.3 Å². The van der Waals surface area contributed by atoms with Gasteiger partial charge in [-0.15, -0.1) is 0 Å². The molecule has 1 aromatic heterocycles. The Kier molecular flexibility index (Phi) is 3.39. The average molecular weight is 285 g/mol. The Morgan fingerprint density at radius 3 is 2.71 bits per heavy atom. The molecule has 0 radical (unpaired) electrons. The van der Waals surface area contributed by atoms with Crippen LogP contribution in [0.2, 0.25) is 0 Å². The topological polar surface area (TPSA) is 50.5 Å². The normalized spacial score (nSPS) is 14.8. The van der Waals surface area contributed by atoms with E-state index in [2.05, 4.69) is 0 Å². The van der Waals surface area contributed by atoms with Gasteiger partial charge in [0.25, 0.3) is 0 Å². The molecule has 1 amide bonds. The maximum absolute atomic E-state index is 13.7. The summed E-state index contributed by atoms with van der Waals surface area (Å²) < 4.78 is 19.3. The summed E-state index contributed by atoms with van der Waals surface area (Å²) >= 11 is 0. The fraction of sp³-hybridized carbons (Fsp3) is 0.125. The number of amides is 1. The predicted octanol–water partition coefficient (Wildman–Crippen LogP) is 2.90. The van der Waals surface area contributed by atoms with Gasteiger partial charge in [-0.25, -0.2) is 4.39 Å². The standard InChI is InChI=1S/C16H12FNO3/c17-14-4-2-1-3-13(14)15-6-5-12(21-15)10-18-8-7-11(19)9-16(18)20/h1-8H,9-10H2. The molecule has 0 unspecified atom stereocenters. The summed E-state index contributed by atoms with van der Waals surface area (Å²) in [4.78, 5) is 24.2. The zero-order valence-electron chi connectivity index (χ0n) is 11.1. The lowest BCUT2D eigenvalue weighted by Gasteiger charge is -2.19. The third kappa shape index (κ3) is 2.76. The quantitative estimate of drug-likeness (QED) is 0.815. The van der Waals surface area contributed by atoms with Crippen LogP contribution in [0.5, 0.6) is 0 Å². The molecule has 0 atom stereocenters. The van der Waals surface area contributed by atoms with Gasteiger partial charge in [-0.3, -0.25) is 9.59 Å². The SMILES string of the molecule is O=C1C=CN(Cc2ccc(-c3ccccc3F)o2)C(=O)C1. The van der Waals surface area contributed by atoms with E-state index in [0.717, 1.165) is 0 Å². The Morgan fingerprint density at radius 2 is 1.95 bits per heavy atom. The van der Waals surface area contributed by atoms with Crippen molar-refractivity contribution < 1.29 is 18.4 Å². The van der Waals surface area contributed by atoms with Crippen LogP contribution < -0.4 is 0 Å². The number of hydrogen-bond acceptors (Lipinski definition) is 3. The number of benzene rings is 1. The smallest absolute Gasteiger partial charge is 0.234 e. The number of allylic oxidation sites excluding steroid dienone is 1. The number of ketones is 1. The second kappa shape index (κ2) is 5.36. The van der Waals surface area contributed by atoms with Crippen molar-refractivity contribution in [3.05, 3.63) is 60.3 Å². The molecule has 0 spiro atoms. The van der Waals surface area contributed by atoms with Crippen molar-refractivity contribution >= 4 is 11.7 Å². The molecule has 0 saturated carbocycles. The van der Waals surface area contributed by atoms with E-state index in [1.165, 1.54) is 23.2 Å². The highest BCUT2D eigenvalue weighted by Crippen LogP contribution is 2.25. The van der Waals surface area contributed by atoms with Gasteiger partial charge in [0.1, 0.15) is 17.3 Å². The maximum atomic E-state index is 13.7. The van der Waals surface area contributed by atoms with Crippen molar-refractivity contribution in [3.63, 3.8) is 0 Å². The summed E-state index contributed by atoms with van der Waals surface area (Å²) in [6.07, 6.45) is 2.68. The molecule has 0 aliphatic carbocycles. The number of hydrogen-bond donors (Lipinski definition) is 0. The summed E-state index contributed by atoms with van der Waals surface area (Å²) in [6.45, 7) is 0.219. The molecule has 0 saturated heterocycles. The fourth-order valence-electron chi connectivity index (χ4n) is 2.14. The average Bonchev–Trinajstić information content (AvgIpc) is 2.91. The van der Waals surface area contributed by atoms with Crippen LogP contribution in [0.1, 0.15) is 12.2 Å². The molecule has 5 heteroatoms. The first kappa shape index (κ1) is 13.3. The molecule has 1 aliphatic heterocycles. The second-order valence-electron chi connectivity index (χ2n) is 4.73. The monoisotopic (exact) mass is 285 g/mol. The Labute approximate surface area is 120 Å². The fourth-order valence-corrected chi connectivity index (χ4v) is 2.14. The molecule has 2 aromatic rings. The molecule has 0 N–H and O–H groups in total. The zero-order chi connectivity index (χ0) is 14.8. The molecule has 3 rings (SSSR count). The Bertz CT molecular complexity index is 733. The lowest BCUT2D eigenvalue weighted by molar-refractivity contribution is -0.133. The van der Waals surface area contributed by atoms with E-state index in [9.17, 15) is 14.0 Å². The molecule has 106 valence electrons. The van der Waals surface area contributed by atoms with Crippen LogP contribution in [0.25, 0.3) is 11.3 Å². The molecule has 1 aromatic carbocycles. The number of carbonyl (C=O) groups is 2. The minimum atomic E-state index is -0.363. The largest absolute Gasteiger partial charge is 0.459 e. The first-order chi connectivity index (χ1) is 10.1. The first-order valence-corrected chi connectivity index (χ1v) is 6.47. The van der Waals surface area contributed by atoms with Gasteiger partial charge in [-0.1, -0.05) is 12.1 Å². The Hall–Kier alpha value is -2.69. The number of furan rings is 1. The van der Waals surface area contributed by atoms with Gasteiger partial charge < -0.3 is 9.32 Å². The molecular weight excluding hydrogens is 273 g/mol. The van der Waals surface area contributed by atoms with Gasteiger partial charge in [0.05, 0.1) is 18.5 Å². The highest BCUT2D eigenvalue weighted by Gasteiger charge is 2.20. The number of halogens is 1. The summed E-state index contributed by atoms with van der Waals surface area (Å²) in [7, 11) is 0. The minimum Gasteiger partial charge on any atom is -0.459 e. The van der Waals surface area contributed by atoms with Gasteiger partial charge in [-0.2, -0.15) is 0 Å². The Balaban J connectivity index is 1.80. The maximum Gasteiger partial charge on any atom is 0.234 e. The number of nitrogens with zero attached hydrogens (tertiary/aromatic N) is 1. The van der Waals surface area contributed by atoms with Gasteiger partial charge >= 0.3 is 0 Å². The van der Waals surface area contributed by atoms with Crippen LogP contribution in [0.15, 0.2) is 53.1 Å². The van der Waals surface area contributed by atoms with E-state index >= 15 is 0 Å². The first-order valence-electron chi connectivity index (χ1n) is 6.47. The summed E-state index contributed by atoms with van der Waals surface area (Å²) in [5, 5.41) is 0. The molecule has 0 bridgehead atoms. The number of carbonyl (C=O) groups excluding carboxylic acids is 2. The van der Waals surface area contributed by atoms with E-state index in [4.69, 9.17) is 4.42 Å². The third-order valence-corrected chi connectivity index (χ3v) is 3.21.